The van der Waals surface area contributed by atoms with Crippen LogP contribution in [0.2, 0.25) is 5.15 Å². The van der Waals surface area contributed by atoms with Crippen molar-refractivity contribution in [3.63, 3.8) is 0 Å². The summed E-state index contributed by atoms with van der Waals surface area (Å²) in [5.41, 5.74) is 2.16. The third-order valence-corrected chi connectivity index (χ3v) is 6.42. The number of aryl methyl sites for hydroxylation is 1. The number of hydrogen-bond acceptors (Lipinski definition) is 7. The van der Waals surface area contributed by atoms with Crippen LogP contribution in [-0.2, 0) is 10.0 Å². The fraction of sp³-hybridized carbons (Fsp3) is 0.174. The number of benzene rings is 1. The van der Waals surface area contributed by atoms with E-state index >= 15 is 0 Å². The summed E-state index contributed by atoms with van der Waals surface area (Å²) in [6.45, 7) is 5.26. The van der Waals surface area contributed by atoms with Crippen LogP contribution < -0.4 is 21.4 Å². The van der Waals surface area contributed by atoms with Crippen LogP contribution in [0.3, 0.4) is 0 Å². The molecule has 0 aliphatic heterocycles. The van der Waals surface area contributed by atoms with E-state index in [1.165, 1.54) is 24.4 Å². The molecule has 0 aliphatic rings. The highest BCUT2D eigenvalue weighted by Gasteiger charge is 2.22. The summed E-state index contributed by atoms with van der Waals surface area (Å²) in [4.78, 5) is 31.4. The monoisotopic (exact) mass is 500 g/mol. The van der Waals surface area contributed by atoms with Crippen LogP contribution in [0.5, 0.6) is 0 Å². The average molecular weight is 501 g/mol. The molecule has 4 aromatic rings. The van der Waals surface area contributed by atoms with E-state index in [-0.39, 0.29) is 27.6 Å². The smallest absolute Gasteiger partial charge is 0.257 e. The number of anilines is 1. The highest BCUT2D eigenvalue weighted by atomic mass is 35.5. The molecule has 176 valence electrons. The number of nitrogens with two attached hydrogens (primary N) is 1. The number of H-pyrrole nitrogens is 1. The number of fused-ring (bicyclic) bond motifs is 1. The third-order valence-electron chi connectivity index (χ3n) is 5.36. The summed E-state index contributed by atoms with van der Waals surface area (Å²) in [7, 11) is -4.16. The molecule has 0 fully saturated rings. The van der Waals surface area contributed by atoms with Crippen molar-refractivity contribution in [2.24, 2.45) is 5.14 Å². The predicted octanol–water partition coefficient (Wildman–Crippen LogP) is 3.63. The van der Waals surface area contributed by atoms with Gasteiger partial charge < -0.3 is 14.7 Å². The Labute approximate surface area is 199 Å². The maximum atomic E-state index is 13.2. The van der Waals surface area contributed by atoms with Gasteiger partial charge in [-0.25, -0.2) is 18.5 Å². The zero-order chi connectivity index (χ0) is 24.8. The first-order valence-electron chi connectivity index (χ1n) is 10.2. The number of rotatable bonds is 5. The summed E-state index contributed by atoms with van der Waals surface area (Å²) in [6.07, 6.45) is 1.48. The largest absolute Gasteiger partial charge is 0.455 e. The van der Waals surface area contributed by atoms with E-state index in [1.807, 2.05) is 13.0 Å². The summed E-state index contributed by atoms with van der Waals surface area (Å²) in [6, 6.07) is 8.94. The van der Waals surface area contributed by atoms with Crippen LogP contribution in [0.25, 0.3) is 22.3 Å². The number of hydrogen-bond donors (Lipinski definition) is 3. The molecule has 0 saturated carbocycles. The Bertz CT molecular complexity index is 1660. The van der Waals surface area contributed by atoms with Gasteiger partial charge in [-0.2, -0.15) is 0 Å². The third kappa shape index (κ3) is 4.47. The number of nitrogens with one attached hydrogen (secondary N) is 2. The van der Waals surface area contributed by atoms with E-state index in [9.17, 15) is 18.0 Å². The summed E-state index contributed by atoms with van der Waals surface area (Å²) in [5.74, 6) is 0.277. The van der Waals surface area contributed by atoms with Crippen LogP contribution in [0.4, 0.5) is 5.69 Å². The van der Waals surface area contributed by atoms with E-state index in [2.05, 4.69) is 15.3 Å². The molecular formula is C23H21ClN4O5S. The van der Waals surface area contributed by atoms with Crippen LogP contribution in [-0.4, -0.2) is 18.4 Å². The Morgan fingerprint density at radius 1 is 1.15 bits per heavy atom. The van der Waals surface area contributed by atoms with Gasteiger partial charge in [0, 0.05) is 29.0 Å². The summed E-state index contributed by atoms with van der Waals surface area (Å²) < 4.78 is 30.3. The van der Waals surface area contributed by atoms with Gasteiger partial charge in [0.15, 0.2) is 10.5 Å². The first kappa shape index (κ1) is 23.7. The molecule has 0 bridgehead atoms. The van der Waals surface area contributed by atoms with E-state index < -0.39 is 21.1 Å². The quantitative estimate of drug-likeness (QED) is 0.354. The summed E-state index contributed by atoms with van der Waals surface area (Å²) in [5, 5.41) is 8.35. The van der Waals surface area contributed by atoms with E-state index in [1.54, 1.807) is 26.0 Å². The molecule has 1 aromatic carbocycles. The van der Waals surface area contributed by atoms with Crippen LogP contribution in [0.15, 0.2) is 61.6 Å². The number of pyridine rings is 2. The molecule has 0 amide bonds. The minimum Gasteiger partial charge on any atom is -0.455 e. The normalized spacial score (nSPS) is 12.6. The Hall–Kier alpha value is -3.47. The molecule has 0 saturated heterocycles. The Morgan fingerprint density at radius 3 is 2.56 bits per heavy atom. The van der Waals surface area contributed by atoms with Crippen LogP contribution in [0.1, 0.15) is 29.7 Å². The molecule has 9 nitrogen and oxygen atoms in total. The van der Waals surface area contributed by atoms with Gasteiger partial charge in [-0.05, 0) is 50.6 Å². The van der Waals surface area contributed by atoms with Crippen molar-refractivity contribution in [1.82, 2.24) is 9.97 Å². The van der Waals surface area contributed by atoms with E-state index in [4.69, 9.17) is 21.2 Å². The van der Waals surface area contributed by atoms with Gasteiger partial charge in [-0.1, -0.05) is 17.7 Å². The molecule has 0 radical (unpaired) electrons. The van der Waals surface area contributed by atoms with Gasteiger partial charge in [0.2, 0.25) is 5.56 Å². The number of nitrogens with zero attached hydrogens (tertiary/aromatic N) is 1. The lowest BCUT2D eigenvalue weighted by atomic mass is 9.99. The van der Waals surface area contributed by atoms with Gasteiger partial charge in [-0.15, -0.1) is 0 Å². The van der Waals surface area contributed by atoms with Gasteiger partial charge in [-0.3, -0.25) is 9.59 Å². The van der Waals surface area contributed by atoms with Gasteiger partial charge in [0.1, 0.15) is 16.5 Å². The van der Waals surface area contributed by atoms with E-state index in [0.717, 1.165) is 5.56 Å². The first-order valence-corrected chi connectivity index (χ1v) is 12.1. The molecule has 0 spiro atoms. The van der Waals surface area contributed by atoms with Crippen molar-refractivity contribution >= 4 is 38.3 Å². The number of aromatic nitrogens is 2. The molecular weight excluding hydrogens is 480 g/mol. The van der Waals surface area contributed by atoms with E-state index in [0.29, 0.717) is 27.7 Å². The van der Waals surface area contributed by atoms with Crippen molar-refractivity contribution in [1.29, 1.82) is 0 Å². The lowest BCUT2D eigenvalue weighted by Gasteiger charge is -2.20. The first-order chi connectivity index (χ1) is 16.0. The SMILES string of the molecule is Cc1cc(C(C)Nc2ccc(Cl)nc2S(N)(=O)=O)c2oc(-c3cc[nH]c(=O)c3)c(C)c(=O)c2c1. The van der Waals surface area contributed by atoms with Gasteiger partial charge in [0.05, 0.1) is 17.1 Å². The fourth-order valence-electron chi connectivity index (χ4n) is 3.81. The molecule has 34 heavy (non-hydrogen) atoms. The van der Waals surface area contributed by atoms with Gasteiger partial charge in [0.25, 0.3) is 10.0 Å². The Balaban J connectivity index is 1.91. The minimum atomic E-state index is -4.16. The maximum Gasteiger partial charge on any atom is 0.257 e. The molecule has 3 heterocycles. The zero-order valence-electron chi connectivity index (χ0n) is 18.5. The lowest BCUT2D eigenvalue weighted by molar-refractivity contribution is 0.594. The summed E-state index contributed by atoms with van der Waals surface area (Å²) >= 11 is 5.86. The fourth-order valence-corrected chi connectivity index (χ4v) is 4.66. The number of primary sulfonamides is 1. The van der Waals surface area contributed by atoms with Crippen molar-refractivity contribution in [3.8, 4) is 11.3 Å². The van der Waals surface area contributed by atoms with Crippen LogP contribution in [0, 0.1) is 13.8 Å². The predicted molar refractivity (Wildman–Crippen MR) is 131 cm³/mol. The second kappa shape index (κ2) is 8.71. The highest BCUT2D eigenvalue weighted by molar-refractivity contribution is 7.89. The topological polar surface area (TPSA) is 148 Å². The zero-order valence-corrected chi connectivity index (χ0v) is 20.0. The molecule has 4 rings (SSSR count). The average Bonchev–Trinajstić information content (AvgIpc) is 2.76. The molecule has 3 aromatic heterocycles. The lowest BCUT2D eigenvalue weighted by Crippen LogP contribution is -2.18. The molecule has 4 N–H and O–H groups in total. The standard InChI is InChI=1S/C23H21ClN4O5S/c1-11-8-15(13(3)27-17-4-5-18(24)28-23(17)34(25,31)32)22-16(9-11)20(30)12(2)21(33-22)14-6-7-26-19(29)10-14/h4-10,13,27H,1-3H3,(H,26,29)(H2,25,31,32). The molecule has 1 unspecified atom stereocenters. The Morgan fingerprint density at radius 2 is 1.88 bits per heavy atom. The van der Waals surface area contributed by atoms with Crippen molar-refractivity contribution < 1.29 is 12.8 Å². The second-order valence-corrected chi connectivity index (χ2v) is 9.82. The minimum absolute atomic E-state index is 0.0211. The number of halogens is 1. The molecule has 0 aliphatic carbocycles. The molecule has 11 heteroatoms. The van der Waals surface area contributed by atoms with Gasteiger partial charge >= 0.3 is 0 Å². The van der Waals surface area contributed by atoms with Crippen molar-refractivity contribution in [2.45, 2.75) is 31.8 Å². The number of aromatic amines is 1. The Kier molecular flexibility index (Phi) is 6.07. The van der Waals surface area contributed by atoms with Crippen molar-refractivity contribution in [2.75, 3.05) is 5.32 Å². The second-order valence-electron chi connectivity index (χ2n) is 7.96. The highest BCUT2D eigenvalue weighted by Crippen LogP contribution is 2.32. The van der Waals surface area contributed by atoms with Crippen molar-refractivity contribution in [3.05, 3.63) is 85.0 Å². The number of sulfonamides is 1. The van der Waals surface area contributed by atoms with Crippen LogP contribution >= 0.6 is 11.6 Å². The molecule has 1 atom stereocenters. The maximum absolute atomic E-state index is 13.2.